The van der Waals surface area contributed by atoms with Crippen molar-refractivity contribution in [2.45, 2.75) is 52.2 Å². The van der Waals surface area contributed by atoms with Crippen molar-refractivity contribution in [2.24, 2.45) is 0 Å². The number of fused-ring (bicyclic) bond motifs is 1. The van der Waals surface area contributed by atoms with E-state index in [0.29, 0.717) is 35.7 Å². The molecule has 2 aromatic heterocycles. The van der Waals surface area contributed by atoms with Crippen molar-refractivity contribution in [3.05, 3.63) is 47.2 Å². The smallest absolute Gasteiger partial charge is 0.320 e. The number of hydrogen-bond donors (Lipinski definition) is 2. The Morgan fingerprint density at radius 1 is 1.26 bits per heavy atom. The van der Waals surface area contributed by atoms with Gasteiger partial charge in [-0.1, -0.05) is 37.6 Å². The Bertz CT molecular complexity index is 1200. The van der Waals surface area contributed by atoms with Gasteiger partial charge in [0.1, 0.15) is 17.6 Å². The maximum atomic E-state index is 11.3. The first-order valence-electron chi connectivity index (χ1n) is 11.7. The molecule has 4 rings (SSSR count). The van der Waals surface area contributed by atoms with Crippen molar-refractivity contribution in [1.29, 1.82) is 5.26 Å². The summed E-state index contributed by atoms with van der Waals surface area (Å²) in [4.78, 5) is 22.4. The number of nitrogen functional groups attached to an aromatic ring is 1. The van der Waals surface area contributed by atoms with Crippen LogP contribution in [0.25, 0.3) is 11.0 Å². The average Bonchev–Trinajstić information content (AvgIpc) is 3.39. The van der Waals surface area contributed by atoms with E-state index in [9.17, 15) is 10.1 Å². The minimum Gasteiger partial charge on any atom is -0.463 e. The molecule has 1 amide bonds. The molecule has 0 saturated carbocycles. The molecular formula is C25H31N7O2. The van der Waals surface area contributed by atoms with Gasteiger partial charge in [-0.2, -0.15) is 15.2 Å². The highest BCUT2D eigenvalue weighted by Crippen LogP contribution is 2.26. The number of aromatic nitrogens is 3. The van der Waals surface area contributed by atoms with E-state index in [0.717, 1.165) is 44.5 Å². The summed E-state index contributed by atoms with van der Waals surface area (Å²) in [6, 6.07) is 12.8. The summed E-state index contributed by atoms with van der Waals surface area (Å²) in [5, 5.41) is 13.3. The lowest BCUT2D eigenvalue weighted by Crippen LogP contribution is -2.35. The number of rotatable bonds is 9. The molecule has 1 aliphatic rings. The normalized spacial score (nSPS) is 16.0. The number of nitrogens with zero attached hydrogens (tertiary/aromatic N) is 5. The van der Waals surface area contributed by atoms with Gasteiger partial charge in [-0.3, -0.25) is 9.69 Å². The van der Waals surface area contributed by atoms with E-state index in [1.54, 1.807) is 13.0 Å². The molecule has 178 valence electrons. The van der Waals surface area contributed by atoms with E-state index < -0.39 is 0 Å². The molecule has 0 bridgehead atoms. The highest BCUT2D eigenvalue weighted by Gasteiger charge is 2.23. The van der Waals surface area contributed by atoms with E-state index in [1.807, 2.05) is 4.57 Å². The van der Waals surface area contributed by atoms with Crippen molar-refractivity contribution in [2.75, 3.05) is 25.4 Å². The van der Waals surface area contributed by atoms with Crippen molar-refractivity contribution in [3.63, 3.8) is 0 Å². The highest BCUT2D eigenvalue weighted by atomic mass is 16.5. The summed E-state index contributed by atoms with van der Waals surface area (Å²) < 4.78 is 7.52. The van der Waals surface area contributed by atoms with Crippen LogP contribution < -0.4 is 15.8 Å². The first kappa shape index (κ1) is 23.5. The Kier molecular flexibility index (Phi) is 7.28. The van der Waals surface area contributed by atoms with Crippen LogP contribution in [0.4, 0.5) is 5.82 Å². The van der Waals surface area contributed by atoms with Crippen molar-refractivity contribution in [1.82, 2.24) is 24.8 Å². The lowest BCUT2D eigenvalue weighted by atomic mass is 10.1. The number of amides is 1. The van der Waals surface area contributed by atoms with E-state index in [2.05, 4.69) is 57.4 Å². The topological polar surface area (TPSA) is 122 Å². The average molecular weight is 462 g/mol. The summed E-state index contributed by atoms with van der Waals surface area (Å²) in [5.74, 6) is 0.336. The number of unbranched alkanes of at least 4 members (excludes halogenated alkanes) is 1. The number of nitriles is 1. The van der Waals surface area contributed by atoms with E-state index in [1.165, 1.54) is 5.56 Å². The molecule has 0 radical (unpaired) electrons. The number of anilines is 1. The Morgan fingerprint density at radius 2 is 2.00 bits per heavy atom. The third kappa shape index (κ3) is 5.46. The van der Waals surface area contributed by atoms with E-state index >= 15 is 0 Å². The van der Waals surface area contributed by atoms with Gasteiger partial charge >= 0.3 is 6.01 Å². The SMILES string of the molecule is CCCCOc1nc(N)c2cc(C#N)n(Cc3ccc(CN4CCC(NC(C)=O)C4)cc3)c2n1. The molecule has 9 heteroatoms. The Morgan fingerprint density at radius 3 is 2.68 bits per heavy atom. The van der Waals surface area contributed by atoms with Crippen LogP contribution in [0.1, 0.15) is 49.9 Å². The van der Waals surface area contributed by atoms with Gasteiger partial charge in [-0.05, 0) is 30.0 Å². The molecule has 3 N–H and O–H groups in total. The number of carbonyl (C=O) groups is 1. The monoisotopic (exact) mass is 461 g/mol. The second-order valence-electron chi connectivity index (χ2n) is 8.80. The molecule has 1 atom stereocenters. The molecule has 1 unspecified atom stereocenters. The molecule has 34 heavy (non-hydrogen) atoms. The fraction of sp³-hybridized carbons (Fsp3) is 0.440. The summed E-state index contributed by atoms with van der Waals surface area (Å²) in [6.07, 6.45) is 2.89. The first-order chi connectivity index (χ1) is 16.5. The summed E-state index contributed by atoms with van der Waals surface area (Å²) in [5.41, 5.74) is 9.49. The summed E-state index contributed by atoms with van der Waals surface area (Å²) in [6.45, 7) is 7.35. The minimum absolute atomic E-state index is 0.0251. The molecule has 0 aliphatic carbocycles. The van der Waals surface area contributed by atoms with Crippen LogP contribution in [-0.2, 0) is 17.9 Å². The van der Waals surface area contributed by atoms with Crippen LogP contribution in [0.3, 0.4) is 0 Å². The van der Waals surface area contributed by atoms with Gasteiger partial charge in [0.2, 0.25) is 5.91 Å². The zero-order valence-corrected chi connectivity index (χ0v) is 19.8. The standard InChI is InChI=1S/C25H31N7O2/c1-3-4-11-34-25-29-23(27)22-12-21(13-26)32(24(22)30-25)15-19-7-5-18(6-8-19)14-31-10-9-20(16-31)28-17(2)33/h5-8,12,20H,3-4,9-11,14-16H2,1-2H3,(H,28,33)(H2,27,29,30). The summed E-state index contributed by atoms with van der Waals surface area (Å²) in [7, 11) is 0. The fourth-order valence-electron chi connectivity index (χ4n) is 4.32. The molecule has 3 aromatic rings. The molecule has 1 fully saturated rings. The first-order valence-corrected chi connectivity index (χ1v) is 11.7. The molecule has 1 aromatic carbocycles. The number of carbonyl (C=O) groups excluding carboxylic acids is 1. The van der Waals surface area contributed by atoms with Gasteiger partial charge in [-0.15, -0.1) is 0 Å². The zero-order valence-electron chi connectivity index (χ0n) is 19.8. The van der Waals surface area contributed by atoms with Gasteiger partial charge in [0.25, 0.3) is 0 Å². The Hall–Kier alpha value is -3.64. The second-order valence-corrected chi connectivity index (χ2v) is 8.80. The molecular weight excluding hydrogens is 430 g/mol. The third-order valence-electron chi connectivity index (χ3n) is 6.06. The Labute approximate surface area is 199 Å². The largest absolute Gasteiger partial charge is 0.463 e. The van der Waals surface area contributed by atoms with Crippen LogP contribution in [0, 0.1) is 11.3 Å². The van der Waals surface area contributed by atoms with Gasteiger partial charge in [0.15, 0.2) is 5.65 Å². The molecule has 1 aliphatic heterocycles. The quantitative estimate of drug-likeness (QED) is 0.470. The predicted octanol–water partition coefficient (Wildman–Crippen LogP) is 2.82. The fourth-order valence-corrected chi connectivity index (χ4v) is 4.32. The predicted molar refractivity (Wildman–Crippen MR) is 130 cm³/mol. The number of ether oxygens (including phenoxy) is 1. The lowest BCUT2D eigenvalue weighted by molar-refractivity contribution is -0.119. The van der Waals surface area contributed by atoms with Crippen LogP contribution in [0.5, 0.6) is 6.01 Å². The summed E-state index contributed by atoms with van der Waals surface area (Å²) >= 11 is 0. The van der Waals surface area contributed by atoms with Crippen molar-refractivity contribution < 1.29 is 9.53 Å². The van der Waals surface area contributed by atoms with Gasteiger partial charge in [-0.25, -0.2) is 0 Å². The Balaban J connectivity index is 1.48. The minimum atomic E-state index is 0.0251. The molecule has 3 heterocycles. The van der Waals surface area contributed by atoms with E-state index in [-0.39, 0.29) is 18.0 Å². The maximum absolute atomic E-state index is 11.3. The highest BCUT2D eigenvalue weighted by molar-refractivity contribution is 5.88. The van der Waals surface area contributed by atoms with Gasteiger partial charge in [0, 0.05) is 32.6 Å². The number of likely N-dealkylation sites (tertiary alicyclic amines) is 1. The van der Waals surface area contributed by atoms with Crippen LogP contribution in [0.15, 0.2) is 30.3 Å². The van der Waals surface area contributed by atoms with E-state index in [4.69, 9.17) is 10.5 Å². The maximum Gasteiger partial charge on any atom is 0.320 e. The van der Waals surface area contributed by atoms with Crippen LogP contribution in [-0.4, -0.2) is 51.1 Å². The third-order valence-corrected chi connectivity index (χ3v) is 6.06. The number of benzene rings is 1. The lowest BCUT2D eigenvalue weighted by Gasteiger charge is -2.16. The van der Waals surface area contributed by atoms with Crippen LogP contribution >= 0.6 is 0 Å². The number of nitrogens with two attached hydrogens (primary N) is 1. The van der Waals surface area contributed by atoms with Gasteiger partial charge in [0.05, 0.1) is 18.5 Å². The van der Waals surface area contributed by atoms with Crippen molar-refractivity contribution >= 4 is 22.8 Å². The molecule has 1 saturated heterocycles. The molecule has 9 nitrogen and oxygen atoms in total. The number of nitrogens with one attached hydrogen (secondary N) is 1. The zero-order chi connectivity index (χ0) is 24.1. The van der Waals surface area contributed by atoms with Crippen molar-refractivity contribution in [3.8, 4) is 12.1 Å². The van der Waals surface area contributed by atoms with Crippen LogP contribution in [0.2, 0.25) is 0 Å². The molecule has 0 spiro atoms. The number of hydrogen-bond acceptors (Lipinski definition) is 7. The van der Waals surface area contributed by atoms with Gasteiger partial charge < -0.3 is 20.4 Å². The second kappa shape index (κ2) is 10.5.